The molecule has 0 aliphatic heterocycles. The van der Waals surface area contributed by atoms with Gasteiger partial charge in [-0.15, -0.1) is 24.0 Å². The largest absolute Gasteiger partial charge is 0.435 e. The Kier molecular flexibility index (Phi) is 10.3. The molecule has 0 aliphatic carbocycles. The molecule has 0 saturated carbocycles. The molecule has 2 aromatic carbocycles. The first kappa shape index (κ1) is 25.5. The van der Waals surface area contributed by atoms with Crippen molar-refractivity contribution >= 4 is 29.9 Å². The molecule has 1 unspecified atom stereocenters. The fraction of sp³-hybridized carbons (Fsp3) is 0.286. The van der Waals surface area contributed by atoms with E-state index in [-0.39, 0.29) is 36.3 Å². The van der Waals surface area contributed by atoms with E-state index in [0.717, 1.165) is 11.1 Å². The summed E-state index contributed by atoms with van der Waals surface area (Å²) in [4.78, 5) is 8.70. The summed E-state index contributed by atoms with van der Waals surface area (Å²) in [5, 5.41) is 23.3. The molecule has 4 N–H and O–H groups in total. The number of alkyl halides is 2. The molecule has 11 heteroatoms. The highest BCUT2D eigenvalue weighted by Crippen LogP contribution is 2.19. The number of nitrogens with zero attached hydrogens (tertiary/aromatic N) is 3. The molecule has 0 bridgehead atoms. The van der Waals surface area contributed by atoms with Crippen LogP contribution in [0, 0.1) is 0 Å². The molecule has 8 nitrogen and oxygen atoms in total. The quantitative estimate of drug-likeness (QED) is 0.182. The maximum Gasteiger partial charge on any atom is 0.387 e. The summed E-state index contributed by atoms with van der Waals surface area (Å²) in [6, 6.07) is 13.7. The number of aliphatic imine (C=N–C) groups is 1. The van der Waals surface area contributed by atoms with Gasteiger partial charge in [-0.05, 0) is 36.2 Å². The summed E-state index contributed by atoms with van der Waals surface area (Å²) in [6.07, 6.45) is 0.608. The molecular weight excluding hydrogens is 533 g/mol. The second-order valence-corrected chi connectivity index (χ2v) is 6.57. The summed E-state index contributed by atoms with van der Waals surface area (Å²) >= 11 is 0. The summed E-state index contributed by atoms with van der Waals surface area (Å²) in [6.45, 7) is 0.332. The standard InChI is InChI=1S/C21H24F2N6O2.HI/c1-2-24-21(25-11-14-4-3-5-16(10-14)19-27-13-28-29-19)26-12-18(30)15-6-8-17(9-7-15)31-20(22)23;/h3-10,13,18,20,30H,2,11-12H2,1H3,(H2,24,25,26)(H,27,28,29);1H. The minimum atomic E-state index is -2.88. The van der Waals surface area contributed by atoms with E-state index in [9.17, 15) is 13.9 Å². The number of H-pyrrole nitrogens is 1. The van der Waals surface area contributed by atoms with Gasteiger partial charge in [0.25, 0.3) is 0 Å². The molecule has 3 aromatic rings. The van der Waals surface area contributed by atoms with E-state index in [1.165, 1.54) is 18.5 Å². The van der Waals surface area contributed by atoms with Crippen LogP contribution >= 0.6 is 24.0 Å². The Morgan fingerprint density at radius 2 is 1.97 bits per heavy atom. The van der Waals surface area contributed by atoms with Crippen LogP contribution in [0.4, 0.5) is 8.78 Å². The van der Waals surface area contributed by atoms with Crippen LogP contribution in [0.5, 0.6) is 5.75 Å². The highest BCUT2D eigenvalue weighted by molar-refractivity contribution is 14.0. The van der Waals surface area contributed by atoms with Crippen LogP contribution in [0.3, 0.4) is 0 Å². The zero-order valence-electron chi connectivity index (χ0n) is 17.3. The topological polar surface area (TPSA) is 107 Å². The highest BCUT2D eigenvalue weighted by atomic mass is 127. The van der Waals surface area contributed by atoms with Gasteiger partial charge >= 0.3 is 6.61 Å². The highest BCUT2D eigenvalue weighted by Gasteiger charge is 2.10. The smallest absolute Gasteiger partial charge is 0.387 e. The Hall–Kier alpha value is -2.80. The van der Waals surface area contributed by atoms with Crippen LogP contribution in [-0.2, 0) is 6.54 Å². The molecule has 3 rings (SSSR count). The van der Waals surface area contributed by atoms with Crippen molar-refractivity contribution in [1.29, 1.82) is 0 Å². The molecule has 0 amide bonds. The maximum atomic E-state index is 12.2. The van der Waals surface area contributed by atoms with E-state index in [4.69, 9.17) is 0 Å². The molecule has 0 spiro atoms. The molecular formula is C21H25F2IN6O2. The molecule has 32 heavy (non-hydrogen) atoms. The van der Waals surface area contributed by atoms with Crippen LogP contribution < -0.4 is 15.4 Å². The summed E-state index contributed by atoms with van der Waals surface area (Å²) < 4.78 is 28.8. The van der Waals surface area contributed by atoms with E-state index in [1.54, 1.807) is 12.1 Å². The lowest BCUT2D eigenvalue weighted by Gasteiger charge is -2.16. The van der Waals surface area contributed by atoms with Crippen LogP contribution in [0.15, 0.2) is 59.9 Å². The molecule has 1 heterocycles. The zero-order valence-corrected chi connectivity index (χ0v) is 19.7. The van der Waals surface area contributed by atoms with Crippen molar-refractivity contribution in [3.63, 3.8) is 0 Å². The van der Waals surface area contributed by atoms with Crippen molar-refractivity contribution in [3.8, 4) is 17.1 Å². The monoisotopic (exact) mass is 558 g/mol. The predicted octanol–water partition coefficient (Wildman–Crippen LogP) is 3.48. The van der Waals surface area contributed by atoms with Gasteiger partial charge in [-0.25, -0.2) is 9.98 Å². The van der Waals surface area contributed by atoms with Gasteiger partial charge in [0.1, 0.15) is 12.1 Å². The van der Waals surface area contributed by atoms with Crippen LogP contribution in [0.25, 0.3) is 11.4 Å². The molecule has 0 radical (unpaired) electrons. The van der Waals surface area contributed by atoms with E-state index < -0.39 is 12.7 Å². The SMILES string of the molecule is CCNC(=NCc1cccc(-c2ncn[nH]2)c1)NCC(O)c1ccc(OC(F)F)cc1.I. The second kappa shape index (κ2) is 12.9. The fourth-order valence-electron chi connectivity index (χ4n) is 2.86. The third-order valence-electron chi connectivity index (χ3n) is 4.33. The van der Waals surface area contributed by atoms with E-state index in [0.29, 0.717) is 30.4 Å². The fourth-order valence-corrected chi connectivity index (χ4v) is 2.86. The number of hydrogen-bond acceptors (Lipinski definition) is 5. The molecule has 1 atom stereocenters. The van der Waals surface area contributed by atoms with Gasteiger partial charge < -0.3 is 20.5 Å². The average Bonchev–Trinajstić information content (AvgIpc) is 3.31. The van der Waals surface area contributed by atoms with Crippen LogP contribution in [-0.4, -0.2) is 45.9 Å². The third-order valence-corrected chi connectivity index (χ3v) is 4.33. The number of hydrogen-bond donors (Lipinski definition) is 4. The summed E-state index contributed by atoms with van der Waals surface area (Å²) in [7, 11) is 0. The van der Waals surface area contributed by atoms with E-state index in [1.807, 2.05) is 31.2 Å². The molecule has 172 valence electrons. The number of nitrogens with one attached hydrogen (secondary N) is 3. The normalized spacial score (nSPS) is 12.2. The van der Waals surface area contributed by atoms with E-state index >= 15 is 0 Å². The first-order chi connectivity index (χ1) is 15.0. The molecule has 0 fully saturated rings. The Labute approximate surface area is 201 Å². The van der Waals surface area contributed by atoms with Crippen molar-refractivity contribution in [2.75, 3.05) is 13.1 Å². The van der Waals surface area contributed by atoms with Crippen LogP contribution in [0.1, 0.15) is 24.2 Å². The molecule has 0 saturated heterocycles. The van der Waals surface area contributed by atoms with Gasteiger partial charge in [0.05, 0.1) is 12.6 Å². The number of aromatic nitrogens is 3. The van der Waals surface area contributed by atoms with Gasteiger partial charge in [0, 0.05) is 18.7 Å². The summed E-state index contributed by atoms with van der Waals surface area (Å²) in [5.74, 6) is 1.27. The lowest BCUT2D eigenvalue weighted by atomic mass is 10.1. The Bertz CT molecular complexity index is 971. The number of benzene rings is 2. The first-order valence-corrected chi connectivity index (χ1v) is 9.75. The van der Waals surface area contributed by atoms with Crippen molar-refractivity contribution in [2.24, 2.45) is 4.99 Å². The van der Waals surface area contributed by atoms with E-state index in [2.05, 4.69) is 35.5 Å². The Morgan fingerprint density at radius 1 is 1.19 bits per heavy atom. The van der Waals surface area contributed by atoms with Crippen molar-refractivity contribution in [2.45, 2.75) is 26.2 Å². The number of rotatable bonds is 9. The minimum Gasteiger partial charge on any atom is -0.435 e. The number of aromatic amines is 1. The Balaban J connectivity index is 0.00000363. The minimum absolute atomic E-state index is 0. The van der Waals surface area contributed by atoms with Crippen molar-refractivity contribution < 1.29 is 18.6 Å². The third kappa shape index (κ3) is 7.71. The van der Waals surface area contributed by atoms with Crippen LogP contribution in [0.2, 0.25) is 0 Å². The summed E-state index contributed by atoms with van der Waals surface area (Å²) in [5.41, 5.74) is 2.48. The molecule has 1 aromatic heterocycles. The van der Waals surface area contributed by atoms with Crippen molar-refractivity contribution in [1.82, 2.24) is 25.8 Å². The maximum absolute atomic E-state index is 12.2. The average molecular weight is 558 g/mol. The Morgan fingerprint density at radius 3 is 2.62 bits per heavy atom. The zero-order chi connectivity index (χ0) is 22.1. The number of aliphatic hydroxyl groups is 1. The molecule has 0 aliphatic rings. The number of ether oxygens (including phenoxy) is 1. The van der Waals surface area contributed by atoms with Gasteiger partial charge in [-0.2, -0.15) is 13.9 Å². The first-order valence-electron chi connectivity index (χ1n) is 9.75. The predicted molar refractivity (Wildman–Crippen MR) is 128 cm³/mol. The van der Waals surface area contributed by atoms with Gasteiger partial charge in [-0.3, -0.25) is 5.10 Å². The van der Waals surface area contributed by atoms with Gasteiger partial charge in [0.15, 0.2) is 11.8 Å². The van der Waals surface area contributed by atoms with Gasteiger partial charge in [0.2, 0.25) is 0 Å². The van der Waals surface area contributed by atoms with Crippen molar-refractivity contribution in [3.05, 3.63) is 66.0 Å². The number of aliphatic hydroxyl groups excluding tert-OH is 1. The van der Waals surface area contributed by atoms with Gasteiger partial charge in [-0.1, -0.05) is 30.3 Å². The lowest BCUT2D eigenvalue weighted by molar-refractivity contribution is -0.0498. The number of guanidine groups is 1. The number of halogens is 3. The second-order valence-electron chi connectivity index (χ2n) is 6.57. The lowest BCUT2D eigenvalue weighted by Crippen LogP contribution is -2.39.